The fourth-order valence-corrected chi connectivity index (χ4v) is 2.27. The van der Waals surface area contributed by atoms with Gasteiger partial charge in [-0.2, -0.15) is 0 Å². The van der Waals surface area contributed by atoms with E-state index in [-0.39, 0.29) is 18.1 Å². The van der Waals surface area contributed by atoms with E-state index in [0.29, 0.717) is 6.42 Å². The molecule has 1 aromatic rings. The SMILES string of the molecule is CCCC(N)C(=O)NC(C)C(OC)c1ccc(OC)cc1. The van der Waals surface area contributed by atoms with Crippen molar-refractivity contribution in [3.8, 4) is 5.75 Å². The Morgan fingerprint density at radius 3 is 2.38 bits per heavy atom. The first kappa shape index (κ1) is 17.5. The van der Waals surface area contributed by atoms with Gasteiger partial charge in [0.2, 0.25) is 5.91 Å². The largest absolute Gasteiger partial charge is 0.497 e. The normalized spacial score (nSPS) is 15.1. The van der Waals surface area contributed by atoms with E-state index in [1.807, 2.05) is 38.1 Å². The second-order valence-electron chi connectivity index (χ2n) is 5.12. The molecule has 0 aliphatic heterocycles. The van der Waals surface area contributed by atoms with Crippen LogP contribution in [0.1, 0.15) is 38.4 Å². The molecule has 0 aliphatic carbocycles. The van der Waals surface area contributed by atoms with Crippen molar-refractivity contribution in [3.63, 3.8) is 0 Å². The van der Waals surface area contributed by atoms with Crippen molar-refractivity contribution in [3.05, 3.63) is 29.8 Å². The minimum absolute atomic E-state index is 0.139. The smallest absolute Gasteiger partial charge is 0.237 e. The number of amides is 1. The molecule has 21 heavy (non-hydrogen) atoms. The van der Waals surface area contributed by atoms with Crippen molar-refractivity contribution in [2.45, 2.75) is 44.9 Å². The Balaban J connectivity index is 2.71. The number of ether oxygens (including phenoxy) is 2. The molecule has 0 saturated heterocycles. The maximum absolute atomic E-state index is 12.0. The molecule has 3 N–H and O–H groups in total. The average Bonchev–Trinajstić information content (AvgIpc) is 2.48. The highest BCUT2D eigenvalue weighted by molar-refractivity contribution is 5.81. The summed E-state index contributed by atoms with van der Waals surface area (Å²) in [4.78, 5) is 12.0. The Kier molecular flexibility index (Phi) is 7.19. The summed E-state index contributed by atoms with van der Waals surface area (Å²) >= 11 is 0. The van der Waals surface area contributed by atoms with Crippen LogP contribution in [-0.2, 0) is 9.53 Å². The molecule has 5 heteroatoms. The van der Waals surface area contributed by atoms with Crippen LogP contribution in [0, 0.1) is 0 Å². The molecule has 3 unspecified atom stereocenters. The first-order valence-electron chi connectivity index (χ1n) is 7.26. The zero-order chi connectivity index (χ0) is 15.8. The molecular formula is C16H26N2O3. The lowest BCUT2D eigenvalue weighted by atomic mass is 10.0. The van der Waals surface area contributed by atoms with Gasteiger partial charge < -0.3 is 20.5 Å². The minimum Gasteiger partial charge on any atom is -0.497 e. The first-order chi connectivity index (χ1) is 10.0. The van der Waals surface area contributed by atoms with Crippen molar-refractivity contribution in [1.29, 1.82) is 0 Å². The van der Waals surface area contributed by atoms with Crippen molar-refractivity contribution in [1.82, 2.24) is 5.32 Å². The molecule has 3 atom stereocenters. The number of nitrogens with two attached hydrogens (primary N) is 1. The van der Waals surface area contributed by atoms with Gasteiger partial charge in [0.25, 0.3) is 0 Å². The number of carbonyl (C=O) groups excluding carboxylic acids is 1. The second-order valence-corrected chi connectivity index (χ2v) is 5.12. The monoisotopic (exact) mass is 294 g/mol. The maximum Gasteiger partial charge on any atom is 0.237 e. The quantitative estimate of drug-likeness (QED) is 0.769. The van der Waals surface area contributed by atoms with Gasteiger partial charge in [-0.1, -0.05) is 25.5 Å². The molecule has 0 bridgehead atoms. The first-order valence-corrected chi connectivity index (χ1v) is 7.26. The zero-order valence-corrected chi connectivity index (χ0v) is 13.3. The Bertz CT molecular complexity index is 434. The summed E-state index contributed by atoms with van der Waals surface area (Å²) in [7, 11) is 3.25. The van der Waals surface area contributed by atoms with Crippen LogP contribution in [0.15, 0.2) is 24.3 Å². The van der Waals surface area contributed by atoms with E-state index < -0.39 is 6.04 Å². The third kappa shape index (κ3) is 5.02. The summed E-state index contributed by atoms with van der Waals surface area (Å²) in [6.45, 7) is 3.92. The summed E-state index contributed by atoms with van der Waals surface area (Å²) in [5.41, 5.74) is 6.81. The van der Waals surface area contributed by atoms with Crippen molar-refractivity contribution >= 4 is 5.91 Å². The van der Waals surface area contributed by atoms with Crippen LogP contribution in [0.2, 0.25) is 0 Å². The molecule has 0 heterocycles. The molecule has 5 nitrogen and oxygen atoms in total. The van der Waals surface area contributed by atoms with Gasteiger partial charge in [-0.3, -0.25) is 4.79 Å². The van der Waals surface area contributed by atoms with Gasteiger partial charge in [-0.05, 0) is 31.0 Å². The van der Waals surface area contributed by atoms with E-state index in [9.17, 15) is 4.79 Å². The van der Waals surface area contributed by atoms with Crippen LogP contribution >= 0.6 is 0 Å². The summed E-state index contributed by atoms with van der Waals surface area (Å²) in [6.07, 6.45) is 1.34. The molecule has 0 aromatic heterocycles. The van der Waals surface area contributed by atoms with Gasteiger partial charge in [0.05, 0.1) is 19.2 Å². The predicted octanol–water partition coefficient (Wildman–Crippen LogP) is 2.01. The van der Waals surface area contributed by atoms with E-state index in [0.717, 1.165) is 17.7 Å². The topological polar surface area (TPSA) is 73.6 Å². The van der Waals surface area contributed by atoms with E-state index in [2.05, 4.69) is 5.32 Å². The van der Waals surface area contributed by atoms with Crippen molar-refractivity contribution in [2.75, 3.05) is 14.2 Å². The van der Waals surface area contributed by atoms with E-state index >= 15 is 0 Å². The van der Waals surface area contributed by atoms with Crippen LogP contribution in [-0.4, -0.2) is 32.2 Å². The lowest BCUT2D eigenvalue weighted by Gasteiger charge is -2.25. The summed E-state index contributed by atoms with van der Waals surface area (Å²) in [6, 6.07) is 6.98. The van der Waals surface area contributed by atoms with Crippen LogP contribution in [0.3, 0.4) is 0 Å². The fourth-order valence-electron chi connectivity index (χ4n) is 2.27. The number of carbonyl (C=O) groups is 1. The standard InChI is InChI=1S/C16H26N2O3/c1-5-6-14(17)16(19)18-11(2)15(21-4)12-7-9-13(20-3)10-8-12/h7-11,14-15H,5-6,17H2,1-4H3,(H,18,19). The molecule has 1 amide bonds. The van der Waals surface area contributed by atoms with E-state index in [1.165, 1.54) is 0 Å². The lowest BCUT2D eigenvalue weighted by Crippen LogP contribution is -2.46. The van der Waals surface area contributed by atoms with Crippen LogP contribution < -0.4 is 15.8 Å². The van der Waals surface area contributed by atoms with Gasteiger partial charge in [0, 0.05) is 7.11 Å². The molecule has 1 rings (SSSR count). The van der Waals surface area contributed by atoms with Gasteiger partial charge in [0.1, 0.15) is 11.9 Å². The van der Waals surface area contributed by atoms with Gasteiger partial charge in [0.15, 0.2) is 0 Å². The number of hydrogen-bond acceptors (Lipinski definition) is 4. The minimum atomic E-state index is -0.467. The zero-order valence-electron chi connectivity index (χ0n) is 13.3. The number of methoxy groups -OCH3 is 2. The second kappa shape index (κ2) is 8.64. The maximum atomic E-state index is 12.0. The van der Waals surface area contributed by atoms with E-state index in [4.69, 9.17) is 15.2 Å². The highest BCUT2D eigenvalue weighted by Crippen LogP contribution is 2.23. The number of hydrogen-bond donors (Lipinski definition) is 2. The van der Waals surface area contributed by atoms with Crippen molar-refractivity contribution < 1.29 is 14.3 Å². The Labute approximate surface area is 126 Å². The molecule has 118 valence electrons. The van der Waals surface area contributed by atoms with Crippen LogP contribution in [0.25, 0.3) is 0 Å². The third-order valence-corrected chi connectivity index (χ3v) is 3.46. The van der Waals surface area contributed by atoms with Crippen LogP contribution in [0.5, 0.6) is 5.75 Å². The summed E-state index contributed by atoms with van der Waals surface area (Å²) < 4.78 is 10.7. The highest BCUT2D eigenvalue weighted by atomic mass is 16.5. The number of benzene rings is 1. The molecule has 0 fully saturated rings. The summed E-state index contributed by atoms with van der Waals surface area (Å²) in [5, 5.41) is 2.92. The van der Waals surface area contributed by atoms with Crippen molar-refractivity contribution in [2.24, 2.45) is 5.73 Å². The fraction of sp³-hybridized carbons (Fsp3) is 0.562. The van der Waals surface area contributed by atoms with Gasteiger partial charge in [-0.25, -0.2) is 0 Å². The predicted molar refractivity (Wildman–Crippen MR) is 83.2 cm³/mol. The molecular weight excluding hydrogens is 268 g/mol. The highest BCUT2D eigenvalue weighted by Gasteiger charge is 2.23. The lowest BCUT2D eigenvalue weighted by molar-refractivity contribution is -0.124. The molecule has 0 spiro atoms. The Morgan fingerprint density at radius 1 is 1.29 bits per heavy atom. The average molecular weight is 294 g/mol. The van der Waals surface area contributed by atoms with Gasteiger partial charge in [-0.15, -0.1) is 0 Å². The summed E-state index contributed by atoms with van der Waals surface area (Å²) in [5.74, 6) is 0.648. The van der Waals surface area contributed by atoms with E-state index in [1.54, 1.807) is 14.2 Å². The number of nitrogens with one attached hydrogen (secondary N) is 1. The molecule has 0 saturated carbocycles. The Hall–Kier alpha value is -1.59. The van der Waals surface area contributed by atoms with Crippen LogP contribution in [0.4, 0.5) is 0 Å². The number of rotatable bonds is 8. The molecule has 0 aliphatic rings. The molecule has 0 radical (unpaired) electrons. The Morgan fingerprint density at radius 2 is 1.90 bits per heavy atom. The van der Waals surface area contributed by atoms with Gasteiger partial charge >= 0.3 is 0 Å². The third-order valence-electron chi connectivity index (χ3n) is 3.46. The molecule has 1 aromatic carbocycles.